The molecule has 8 heteroatoms. The minimum atomic E-state index is -0.728. The molecule has 0 saturated carbocycles. The lowest BCUT2D eigenvalue weighted by Gasteiger charge is -2.11. The minimum absolute atomic E-state index is 0.124. The molecule has 4 rings (SSSR count). The number of hydrogen-bond donors (Lipinski definition) is 1. The zero-order valence-electron chi connectivity index (χ0n) is 16.6. The van der Waals surface area contributed by atoms with Crippen LogP contribution >= 0.6 is 0 Å². The lowest BCUT2D eigenvalue weighted by Crippen LogP contribution is -2.24. The summed E-state index contributed by atoms with van der Waals surface area (Å²) in [6.45, 7) is 1.02. The van der Waals surface area contributed by atoms with Crippen molar-refractivity contribution < 1.29 is 18.0 Å². The molecule has 1 amide bonds. The highest BCUT2D eigenvalue weighted by Gasteiger charge is 2.13. The Kier molecular flexibility index (Phi) is 6.16. The molecule has 2 aromatic carbocycles. The molecule has 0 unspecified atom stereocenters. The van der Waals surface area contributed by atoms with E-state index in [1.807, 2.05) is 41.2 Å². The maximum absolute atomic E-state index is 13.9. The van der Waals surface area contributed by atoms with Crippen molar-refractivity contribution in [3.63, 3.8) is 0 Å². The normalized spacial score (nSPS) is 10.9. The molecular formula is C23H20F2N4O2. The number of carbonyl (C=O) groups is 1. The van der Waals surface area contributed by atoms with E-state index in [-0.39, 0.29) is 30.1 Å². The van der Waals surface area contributed by atoms with E-state index in [1.54, 1.807) is 6.20 Å². The average molecular weight is 422 g/mol. The van der Waals surface area contributed by atoms with Crippen molar-refractivity contribution in [2.24, 2.45) is 0 Å². The molecule has 0 aliphatic rings. The molecule has 0 aliphatic carbocycles. The number of aromatic nitrogens is 3. The van der Waals surface area contributed by atoms with Crippen LogP contribution in [0.2, 0.25) is 0 Å². The van der Waals surface area contributed by atoms with Gasteiger partial charge in [-0.3, -0.25) is 9.48 Å². The van der Waals surface area contributed by atoms with Gasteiger partial charge in [0.05, 0.1) is 18.3 Å². The van der Waals surface area contributed by atoms with E-state index in [9.17, 15) is 13.6 Å². The predicted octanol–water partition coefficient (Wildman–Crippen LogP) is 4.11. The molecule has 0 aliphatic heterocycles. The molecule has 0 radical (unpaired) electrons. The molecule has 4 aromatic rings. The highest BCUT2D eigenvalue weighted by molar-refractivity contribution is 5.76. The van der Waals surface area contributed by atoms with Crippen LogP contribution in [0.15, 0.2) is 71.5 Å². The van der Waals surface area contributed by atoms with Crippen LogP contribution in [-0.4, -0.2) is 20.7 Å². The summed E-state index contributed by atoms with van der Waals surface area (Å²) in [5, 5.41) is 7.12. The number of amides is 1. The van der Waals surface area contributed by atoms with Crippen molar-refractivity contribution in [2.75, 3.05) is 0 Å². The third-order valence-corrected chi connectivity index (χ3v) is 4.80. The van der Waals surface area contributed by atoms with Crippen molar-refractivity contribution >= 4 is 5.91 Å². The monoisotopic (exact) mass is 422 g/mol. The summed E-state index contributed by atoms with van der Waals surface area (Å²) in [6.07, 6.45) is 5.42. The number of carbonyl (C=O) groups excluding carboxylic acids is 1. The summed E-state index contributed by atoms with van der Waals surface area (Å²) >= 11 is 0. The molecule has 2 aromatic heterocycles. The maximum atomic E-state index is 13.9. The van der Waals surface area contributed by atoms with Crippen molar-refractivity contribution in [1.82, 2.24) is 20.1 Å². The van der Waals surface area contributed by atoms with Gasteiger partial charge in [-0.15, -0.1) is 0 Å². The SMILES string of the molecule is O=C(CCc1ncc(-c2ccc(F)cc2F)o1)NCc1ccccc1Cn1cccn1. The summed E-state index contributed by atoms with van der Waals surface area (Å²) in [4.78, 5) is 16.4. The van der Waals surface area contributed by atoms with E-state index in [2.05, 4.69) is 15.4 Å². The first-order chi connectivity index (χ1) is 15.1. The van der Waals surface area contributed by atoms with Gasteiger partial charge in [0.2, 0.25) is 5.91 Å². The molecular weight excluding hydrogens is 402 g/mol. The van der Waals surface area contributed by atoms with Crippen LogP contribution in [-0.2, 0) is 24.3 Å². The fourth-order valence-electron chi connectivity index (χ4n) is 3.20. The first kappa shape index (κ1) is 20.5. The number of oxazole rings is 1. The Bertz CT molecular complexity index is 1170. The fraction of sp³-hybridized carbons (Fsp3) is 0.174. The Morgan fingerprint density at radius 1 is 1.10 bits per heavy atom. The summed E-state index contributed by atoms with van der Waals surface area (Å²) < 4.78 is 34.3. The third kappa shape index (κ3) is 5.22. The van der Waals surface area contributed by atoms with Crippen LogP contribution in [0.1, 0.15) is 23.4 Å². The molecule has 31 heavy (non-hydrogen) atoms. The zero-order valence-corrected chi connectivity index (χ0v) is 16.6. The standard InChI is InChI=1S/C23H20F2N4O2/c24-18-6-7-19(20(25)12-18)21-14-27-23(31-21)9-8-22(30)26-13-16-4-1-2-5-17(16)15-29-11-3-10-28-29/h1-7,10-12,14H,8-9,13,15H2,(H,26,30). The summed E-state index contributed by atoms with van der Waals surface area (Å²) in [6, 6.07) is 13.0. The van der Waals surface area contributed by atoms with Crippen LogP contribution in [0.4, 0.5) is 8.78 Å². The number of hydrogen-bond acceptors (Lipinski definition) is 4. The predicted molar refractivity (Wildman–Crippen MR) is 110 cm³/mol. The van der Waals surface area contributed by atoms with E-state index in [0.29, 0.717) is 19.0 Å². The van der Waals surface area contributed by atoms with Crippen molar-refractivity contribution in [2.45, 2.75) is 25.9 Å². The van der Waals surface area contributed by atoms with Gasteiger partial charge in [0.15, 0.2) is 11.7 Å². The number of benzene rings is 2. The Morgan fingerprint density at radius 2 is 1.94 bits per heavy atom. The number of nitrogens with one attached hydrogen (secondary N) is 1. The second kappa shape index (κ2) is 9.34. The van der Waals surface area contributed by atoms with Gasteiger partial charge in [-0.1, -0.05) is 24.3 Å². The summed E-state index contributed by atoms with van der Waals surface area (Å²) in [7, 11) is 0. The van der Waals surface area contributed by atoms with Gasteiger partial charge in [-0.2, -0.15) is 5.10 Å². The van der Waals surface area contributed by atoms with Gasteiger partial charge in [-0.05, 0) is 29.3 Å². The summed E-state index contributed by atoms with van der Waals surface area (Å²) in [5.41, 5.74) is 2.21. The Balaban J connectivity index is 1.31. The van der Waals surface area contributed by atoms with E-state index in [1.165, 1.54) is 12.3 Å². The van der Waals surface area contributed by atoms with Crippen molar-refractivity contribution in [1.29, 1.82) is 0 Å². The van der Waals surface area contributed by atoms with Gasteiger partial charge in [0, 0.05) is 37.8 Å². The molecule has 0 saturated heterocycles. The maximum Gasteiger partial charge on any atom is 0.220 e. The second-order valence-electron chi connectivity index (χ2n) is 6.99. The van der Waals surface area contributed by atoms with Crippen LogP contribution in [0, 0.1) is 11.6 Å². The van der Waals surface area contributed by atoms with Gasteiger partial charge >= 0.3 is 0 Å². The molecule has 2 heterocycles. The highest BCUT2D eigenvalue weighted by atomic mass is 19.1. The first-order valence-electron chi connectivity index (χ1n) is 9.79. The smallest absolute Gasteiger partial charge is 0.220 e. The Morgan fingerprint density at radius 3 is 2.71 bits per heavy atom. The third-order valence-electron chi connectivity index (χ3n) is 4.80. The van der Waals surface area contributed by atoms with Crippen LogP contribution < -0.4 is 5.32 Å². The van der Waals surface area contributed by atoms with Crippen molar-refractivity contribution in [3.05, 3.63) is 95.8 Å². The average Bonchev–Trinajstić information content (AvgIpc) is 3.44. The van der Waals surface area contributed by atoms with E-state index in [0.717, 1.165) is 23.3 Å². The molecule has 0 atom stereocenters. The quantitative estimate of drug-likeness (QED) is 0.464. The van der Waals surface area contributed by atoms with Gasteiger partial charge < -0.3 is 9.73 Å². The van der Waals surface area contributed by atoms with Gasteiger partial charge in [0.1, 0.15) is 11.6 Å². The zero-order chi connectivity index (χ0) is 21.6. The Labute approximate surface area is 177 Å². The molecule has 6 nitrogen and oxygen atoms in total. The number of halogens is 2. The second-order valence-corrected chi connectivity index (χ2v) is 6.99. The van der Waals surface area contributed by atoms with Crippen LogP contribution in [0.25, 0.3) is 11.3 Å². The highest BCUT2D eigenvalue weighted by Crippen LogP contribution is 2.24. The number of nitrogens with zero attached hydrogens (tertiary/aromatic N) is 3. The minimum Gasteiger partial charge on any atom is -0.441 e. The molecule has 0 fully saturated rings. The first-order valence-corrected chi connectivity index (χ1v) is 9.79. The van der Waals surface area contributed by atoms with Crippen LogP contribution in [0.3, 0.4) is 0 Å². The topological polar surface area (TPSA) is 73.0 Å². The van der Waals surface area contributed by atoms with Gasteiger partial charge in [-0.25, -0.2) is 13.8 Å². The largest absolute Gasteiger partial charge is 0.441 e. The van der Waals surface area contributed by atoms with Crippen molar-refractivity contribution in [3.8, 4) is 11.3 Å². The summed E-state index contributed by atoms with van der Waals surface area (Å²) in [5.74, 6) is -1.03. The van der Waals surface area contributed by atoms with E-state index >= 15 is 0 Å². The van der Waals surface area contributed by atoms with E-state index in [4.69, 9.17) is 4.42 Å². The van der Waals surface area contributed by atoms with E-state index < -0.39 is 11.6 Å². The lowest BCUT2D eigenvalue weighted by atomic mass is 10.1. The van der Waals surface area contributed by atoms with Crippen LogP contribution in [0.5, 0.6) is 0 Å². The molecule has 1 N–H and O–H groups in total. The lowest BCUT2D eigenvalue weighted by molar-refractivity contribution is -0.121. The number of rotatable bonds is 8. The van der Waals surface area contributed by atoms with Gasteiger partial charge in [0.25, 0.3) is 0 Å². The molecule has 0 spiro atoms. The molecule has 0 bridgehead atoms. The number of aryl methyl sites for hydroxylation is 1. The Hall–Kier alpha value is -3.81. The fourth-order valence-corrected chi connectivity index (χ4v) is 3.20. The molecule has 158 valence electrons.